The monoisotopic (exact) mass is 255 g/mol. The number of rotatable bonds is 4. The van der Waals surface area contributed by atoms with Gasteiger partial charge in [0.15, 0.2) is 0 Å². The highest BCUT2D eigenvalue weighted by Crippen LogP contribution is 2.13. The minimum Gasteiger partial charge on any atom is -0.480 e. The van der Waals surface area contributed by atoms with Gasteiger partial charge in [0, 0.05) is 18.5 Å². The molecule has 0 fully saturated rings. The van der Waals surface area contributed by atoms with E-state index in [0.29, 0.717) is 5.02 Å². The second-order valence-corrected chi connectivity index (χ2v) is 4.22. The number of benzene rings is 1. The lowest BCUT2D eigenvalue weighted by atomic mass is 10.2. The number of hydrogen-bond donors (Lipinski definition) is 1. The van der Waals surface area contributed by atoms with Crippen molar-refractivity contribution in [3.05, 3.63) is 34.9 Å². The fourth-order valence-corrected chi connectivity index (χ4v) is 1.57. The minimum absolute atomic E-state index is 0.264. The Morgan fingerprint density at radius 2 is 1.88 bits per heavy atom. The number of carboxylic acid groups (broad SMARTS) is 1. The molecule has 1 atom stereocenters. The Labute approximate surface area is 105 Å². The predicted molar refractivity (Wildman–Crippen MR) is 64.8 cm³/mol. The molecule has 5 heteroatoms. The van der Waals surface area contributed by atoms with Crippen LogP contribution < -0.4 is 0 Å². The van der Waals surface area contributed by atoms with Gasteiger partial charge in [-0.1, -0.05) is 23.7 Å². The van der Waals surface area contributed by atoms with E-state index in [1.807, 2.05) is 0 Å². The van der Waals surface area contributed by atoms with Crippen molar-refractivity contribution < 1.29 is 14.7 Å². The summed E-state index contributed by atoms with van der Waals surface area (Å²) in [5, 5.41) is 9.51. The van der Waals surface area contributed by atoms with E-state index in [2.05, 4.69) is 0 Å². The molecule has 0 aromatic heterocycles. The molecule has 92 valence electrons. The summed E-state index contributed by atoms with van der Waals surface area (Å²) >= 11 is 5.75. The van der Waals surface area contributed by atoms with Gasteiger partial charge in [0.2, 0.25) is 5.91 Å². The van der Waals surface area contributed by atoms with Crippen molar-refractivity contribution in [3.63, 3.8) is 0 Å². The largest absolute Gasteiger partial charge is 0.480 e. The number of carboxylic acids is 1. The summed E-state index contributed by atoms with van der Waals surface area (Å²) < 4.78 is 0. The summed E-state index contributed by atoms with van der Waals surface area (Å²) in [6.45, 7) is 3.11. The van der Waals surface area contributed by atoms with E-state index in [9.17, 15) is 9.59 Å². The van der Waals surface area contributed by atoms with E-state index in [1.54, 1.807) is 24.3 Å². The van der Waals surface area contributed by atoms with Crippen LogP contribution in [0.25, 0.3) is 0 Å². The highest BCUT2D eigenvalue weighted by atomic mass is 35.5. The van der Waals surface area contributed by atoms with Gasteiger partial charge in [-0.2, -0.15) is 0 Å². The van der Waals surface area contributed by atoms with Crippen LogP contribution in [0.4, 0.5) is 0 Å². The topological polar surface area (TPSA) is 57.6 Å². The average molecular weight is 256 g/mol. The van der Waals surface area contributed by atoms with Crippen LogP contribution in [0, 0.1) is 0 Å². The predicted octanol–water partition coefficient (Wildman–Crippen LogP) is 2.16. The smallest absolute Gasteiger partial charge is 0.326 e. The lowest BCUT2D eigenvalue weighted by Crippen LogP contribution is -2.41. The number of aliphatic carboxylic acids is 1. The summed E-state index contributed by atoms with van der Waals surface area (Å²) in [5.41, 5.74) is 0.845. The molecule has 0 unspecified atom stereocenters. The second-order valence-electron chi connectivity index (χ2n) is 3.79. The molecule has 1 rings (SSSR count). The molecule has 0 bridgehead atoms. The van der Waals surface area contributed by atoms with Gasteiger partial charge in [-0.25, -0.2) is 4.79 Å². The molecule has 1 aromatic carbocycles. The lowest BCUT2D eigenvalue weighted by Gasteiger charge is -2.25. The zero-order valence-electron chi connectivity index (χ0n) is 9.68. The Balaban J connectivity index is 2.84. The number of carbonyl (C=O) groups is 2. The SMILES string of the molecule is CC(=O)N(Cc1ccc(Cl)cc1)[C@H](C)C(=O)O. The lowest BCUT2D eigenvalue weighted by molar-refractivity contribution is -0.149. The zero-order chi connectivity index (χ0) is 13.0. The second kappa shape index (κ2) is 5.68. The van der Waals surface area contributed by atoms with Crippen molar-refractivity contribution in [2.24, 2.45) is 0 Å². The fourth-order valence-electron chi connectivity index (χ4n) is 1.44. The van der Waals surface area contributed by atoms with Gasteiger partial charge in [-0.05, 0) is 24.6 Å². The molecule has 4 nitrogen and oxygen atoms in total. The molecular formula is C12H14ClNO3. The van der Waals surface area contributed by atoms with Gasteiger partial charge >= 0.3 is 5.97 Å². The number of nitrogens with zero attached hydrogens (tertiary/aromatic N) is 1. The van der Waals surface area contributed by atoms with E-state index in [0.717, 1.165) is 5.56 Å². The van der Waals surface area contributed by atoms with Crippen LogP contribution in [-0.4, -0.2) is 27.9 Å². The molecule has 0 saturated heterocycles. The number of carbonyl (C=O) groups excluding carboxylic acids is 1. The Hall–Kier alpha value is -1.55. The van der Waals surface area contributed by atoms with E-state index in [1.165, 1.54) is 18.7 Å². The molecule has 1 amide bonds. The molecule has 0 aliphatic carbocycles. The van der Waals surface area contributed by atoms with Crippen LogP contribution in [0.15, 0.2) is 24.3 Å². The normalized spacial score (nSPS) is 11.9. The molecule has 1 aromatic rings. The Morgan fingerprint density at radius 3 is 2.29 bits per heavy atom. The molecule has 0 radical (unpaired) electrons. The Morgan fingerprint density at radius 1 is 1.35 bits per heavy atom. The maximum atomic E-state index is 11.4. The van der Waals surface area contributed by atoms with Crippen molar-refractivity contribution in [2.75, 3.05) is 0 Å². The first-order valence-corrected chi connectivity index (χ1v) is 5.54. The van der Waals surface area contributed by atoms with Crippen LogP contribution in [0.2, 0.25) is 5.02 Å². The summed E-state index contributed by atoms with van der Waals surface area (Å²) in [6.07, 6.45) is 0. The third kappa shape index (κ3) is 3.75. The number of hydrogen-bond acceptors (Lipinski definition) is 2. The van der Waals surface area contributed by atoms with Crippen molar-refractivity contribution >= 4 is 23.5 Å². The zero-order valence-corrected chi connectivity index (χ0v) is 10.4. The van der Waals surface area contributed by atoms with Gasteiger partial charge < -0.3 is 10.0 Å². The van der Waals surface area contributed by atoms with Crippen LogP contribution in [-0.2, 0) is 16.1 Å². The molecule has 0 saturated carbocycles. The van der Waals surface area contributed by atoms with Crippen LogP contribution in [0.5, 0.6) is 0 Å². The van der Waals surface area contributed by atoms with Crippen LogP contribution in [0.1, 0.15) is 19.4 Å². The third-order valence-corrected chi connectivity index (χ3v) is 2.75. The summed E-state index contributed by atoms with van der Waals surface area (Å²) in [7, 11) is 0. The highest BCUT2D eigenvalue weighted by Gasteiger charge is 2.22. The summed E-state index contributed by atoms with van der Waals surface area (Å²) in [6, 6.07) is 6.12. The minimum atomic E-state index is -1.02. The standard InChI is InChI=1S/C12H14ClNO3/c1-8(12(16)17)14(9(2)15)7-10-3-5-11(13)6-4-10/h3-6,8H,7H2,1-2H3,(H,16,17)/t8-/m1/s1. The van der Waals surface area contributed by atoms with Crippen molar-refractivity contribution in [1.82, 2.24) is 4.90 Å². The number of amides is 1. The van der Waals surface area contributed by atoms with Crippen molar-refractivity contribution in [1.29, 1.82) is 0 Å². The van der Waals surface area contributed by atoms with Gasteiger partial charge in [0.1, 0.15) is 6.04 Å². The van der Waals surface area contributed by atoms with Crippen molar-refractivity contribution in [3.8, 4) is 0 Å². The summed E-state index contributed by atoms with van der Waals surface area (Å²) in [4.78, 5) is 23.6. The first-order valence-electron chi connectivity index (χ1n) is 5.16. The van der Waals surface area contributed by atoms with E-state index in [4.69, 9.17) is 16.7 Å². The molecule has 0 aliphatic rings. The Kier molecular flexibility index (Phi) is 4.52. The van der Waals surface area contributed by atoms with Gasteiger partial charge in [-0.15, -0.1) is 0 Å². The van der Waals surface area contributed by atoms with Gasteiger partial charge in [0.05, 0.1) is 0 Å². The third-order valence-electron chi connectivity index (χ3n) is 2.50. The quantitative estimate of drug-likeness (QED) is 0.897. The Bertz CT molecular complexity index is 416. The number of halogens is 1. The molecule has 0 heterocycles. The first kappa shape index (κ1) is 13.5. The maximum Gasteiger partial charge on any atom is 0.326 e. The molecule has 0 spiro atoms. The van der Waals surface area contributed by atoms with E-state index in [-0.39, 0.29) is 12.5 Å². The highest BCUT2D eigenvalue weighted by molar-refractivity contribution is 6.30. The molecule has 17 heavy (non-hydrogen) atoms. The molecular weight excluding hydrogens is 242 g/mol. The van der Waals surface area contributed by atoms with Gasteiger partial charge in [0.25, 0.3) is 0 Å². The fraction of sp³-hybridized carbons (Fsp3) is 0.333. The molecule has 1 N–H and O–H groups in total. The summed E-state index contributed by atoms with van der Waals surface area (Å²) in [5.74, 6) is -1.29. The van der Waals surface area contributed by atoms with Crippen LogP contribution in [0.3, 0.4) is 0 Å². The average Bonchev–Trinajstić information content (AvgIpc) is 2.26. The maximum absolute atomic E-state index is 11.4. The van der Waals surface area contributed by atoms with Crippen LogP contribution >= 0.6 is 11.6 Å². The molecule has 0 aliphatic heterocycles. The van der Waals surface area contributed by atoms with Gasteiger partial charge in [-0.3, -0.25) is 4.79 Å². The van der Waals surface area contributed by atoms with Crippen molar-refractivity contribution in [2.45, 2.75) is 26.4 Å². The van der Waals surface area contributed by atoms with E-state index >= 15 is 0 Å². The first-order chi connectivity index (χ1) is 7.91. The van der Waals surface area contributed by atoms with E-state index < -0.39 is 12.0 Å².